The molecule has 5 nitrogen and oxygen atoms in total. The molecule has 1 aliphatic heterocycles. The lowest BCUT2D eigenvalue weighted by molar-refractivity contribution is -0.134. The molecule has 3 aromatic rings. The Labute approximate surface area is 178 Å². The highest BCUT2D eigenvalue weighted by Crippen LogP contribution is 2.49. The van der Waals surface area contributed by atoms with Crippen LogP contribution >= 0.6 is 11.6 Å². The number of benzene rings is 2. The number of piperidine rings is 1. The second-order valence-corrected chi connectivity index (χ2v) is 8.53. The van der Waals surface area contributed by atoms with E-state index in [1.165, 1.54) is 12.1 Å². The Kier molecular flexibility index (Phi) is 5.03. The highest BCUT2D eigenvalue weighted by molar-refractivity contribution is 6.30. The maximum Gasteiger partial charge on any atom is 0.231 e. The lowest BCUT2D eigenvalue weighted by atomic mass is 9.97. The third-order valence-electron chi connectivity index (χ3n) is 5.99. The van der Waals surface area contributed by atoms with Crippen LogP contribution in [0.4, 0.5) is 4.39 Å². The zero-order chi connectivity index (χ0) is 20.7. The standard InChI is InChI=1S/C23H21ClFN3O2/c24-17-7-1-4-14(10-17)19-12-20(19)23(29)28-9-3-6-16(13-28)22-26-21(27-30-22)15-5-2-8-18(25)11-15/h1-2,4-5,7-8,10-11,16,19-20H,3,6,9,12-13H2. The normalized spacial score (nSPS) is 23.4. The molecule has 1 aromatic heterocycles. The smallest absolute Gasteiger partial charge is 0.231 e. The summed E-state index contributed by atoms with van der Waals surface area (Å²) in [7, 11) is 0. The second kappa shape index (κ2) is 7.84. The highest BCUT2D eigenvalue weighted by atomic mass is 35.5. The minimum Gasteiger partial charge on any atom is -0.342 e. The van der Waals surface area contributed by atoms with E-state index >= 15 is 0 Å². The van der Waals surface area contributed by atoms with Gasteiger partial charge in [-0.25, -0.2) is 4.39 Å². The van der Waals surface area contributed by atoms with E-state index in [0.717, 1.165) is 31.4 Å². The van der Waals surface area contributed by atoms with Crippen molar-refractivity contribution in [2.45, 2.75) is 31.1 Å². The first-order valence-electron chi connectivity index (χ1n) is 10.2. The van der Waals surface area contributed by atoms with Gasteiger partial charge >= 0.3 is 0 Å². The zero-order valence-electron chi connectivity index (χ0n) is 16.3. The molecule has 1 saturated heterocycles. The fraction of sp³-hybridized carbons (Fsp3) is 0.348. The molecule has 0 spiro atoms. The molecule has 30 heavy (non-hydrogen) atoms. The summed E-state index contributed by atoms with van der Waals surface area (Å²) in [6, 6.07) is 13.9. The van der Waals surface area contributed by atoms with Gasteiger partial charge in [-0.1, -0.05) is 41.0 Å². The first kappa shape index (κ1) is 19.2. The third-order valence-corrected chi connectivity index (χ3v) is 6.23. The topological polar surface area (TPSA) is 59.2 Å². The molecule has 5 rings (SSSR count). The van der Waals surface area contributed by atoms with Gasteiger partial charge in [0.1, 0.15) is 5.82 Å². The molecule has 2 aromatic carbocycles. The molecular weight excluding hydrogens is 405 g/mol. The predicted molar refractivity (Wildman–Crippen MR) is 111 cm³/mol. The van der Waals surface area contributed by atoms with E-state index in [2.05, 4.69) is 10.1 Å². The van der Waals surface area contributed by atoms with Gasteiger partial charge in [0.05, 0.1) is 5.92 Å². The van der Waals surface area contributed by atoms with Gasteiger partial charge in [0.15, 0.2) is 0 Å². The molecule has 1 saturated carbocycles. The molecule has 0 N–H and O–H groups in total. The quantitative estimate of drug-likeness (QED) is 0.587. The highest BCUT2D eigenvalue weighted by Gasteiger charge is 2.46. The first-order chi connectivity index (χ1) is 14.6. The molecule has 154 valence electrons. The molecule has 3 atom stereocenters. The van der Waals surface area contributed by atoms with Gasteiger partial charge in [-0.05, 0) is 55.0 Å². The summed E-state index contributed by atoms with van der Waals surface area (Å²) >= 11 is 6.10. The number of amides is 1. The van der Waals surface area contributed by atoms with Crippen molar-refractivity contribution in [3.8, 4) is 11.4 Å². The average molecular weight is 426 g/mol. The SMILES string of the molecule is O=C(C1CC1c1cccc(Cl)c1)N1CCCC(c2nc(-c3cccc(F)c3)no2)C1. The van der Waals surface area contributed by atoms with E-state index < -0.39 is 0 Å². The minimum absolute atomic E-state index is 0.000814. The minimum atomic E-state index is -0.341. The van der Waals surface area contributed by atoms with Crippen LogP contribution in [-0.2, 0) is 4.79 Å². The Morgan fingerprint density at radius 2 is 2.07 bits per heavy atom. The Balaban J connectivity index is 1.26. The largest absolute Gasteiger partial charge is 0.342 e. The summed E-state index contributed by atoms with van der Waals surface area (Å²) < 4.78 is 18.9. The molecular formula is C23H21ClFN3O2. The molecule has 0 bridgehead atoms. The number of aromatic nitrogens is 2. The number of likely N-dealkylation sites (tertiary alicyclic amines) is 1. The van der Waals surface area contributed by atoms with Crippen molar-refractivity contribution in [3.05, 3.63) is 70.8 Å². The Hall–Kier alpha value is -2.73. The predicted octanol–water partition coefficient (Wildman–Crippen LogP) is 5.04. The number of hydrogen-bond donors (Lipinski definition) is 0. The summed E-state index contributed by atoms with van der Waals surface area (Å²) in [4.78, 5) is 19.5. The summed E-state index contributed by atoms with van der Waals surface area (Å²) in [6.45, 7) is 1.32. The van der Waals surface area contributed by atoms with Gasteiger partial charge in [-0.3, -0.25) is 4.79 Å². The Bertz CT molecular complexity index is 1090. The van der Waals surface area contributed by atoms with Gasteiger partial charge < -0.3 is 9.42 Å². The van der Waals surface area contributed by atoms with Crippen LogP contribution < -0.4 is 0 Å². The molecule has 0 radical (unpaired) electrons. The lowest BCUT2D eigenvalue weighted by Crippen LogP contribution is -2.40. The number of carbonyl (C=O) groups is 1. The van der Waals surface area contributed by atoms with Crippen LogP contribution in [-0.4, -0.2) is 34.0 Å². The lowest BCUT2D eigenvalue weighted by Gasteiger charge is -2.31. The summed E-state index contributed by atoms with van der Waals surface area (Å²) in [5, 5.41) is 4.71. The maximum absolute atomic E-state index is 13.5. The molecule has 2 fully saturated rings. The van der Waals surface area contributed by atoms with Crippen LogP contribution in [0.15, 0.2) is 53.1 Å². The van der Waals surface area contributed by atoms with E-state index in [9.17, 15) is 9.18 Å². The van der Waals surface area contributed by atoms with Crippen molar-refractivity contribution in [1.29, 1.82) is 0 Å². The average Bonchev–Trinajstić information content (AvgIpc) is 3.41. The van der Waals surface area contributed by atoms with Gasteiger partial charge in [-0.15, -0.1) is 0 Å². The molecule has 7 heteroatoms. The fourth-order valence-corrected chi connectivity index (χ4v) is 4.53. The fourth-order valence-electron chi connectivity index (χ4n) is 4.33. The number of carbonyl (C=O) groups excluding carboxylic acids is 1. The van der Waals surface area contributed by atoms with Crippen molar-refractivity contribution < 1.29 is 13.7 Å². The van der Waals surface area contributed by atoms with Crippen molar-refractivity contribution in [2.24, 2.45) is 5.92 Å². The van der Waals surface area contributed by atoms with Crippen LogP contribution in [0.5, 0.6) is 0 Å². The van der Waals surface area contributed by atoms with Crippen LogP contribution in [0.1, 0.15) is 42.6 Å². The molecule has 2 aliphatic rings. The van der Waals surface area contributed by atoms with Crippen LogP contribution in [0, 0.1) is 11.7 Å². The zero-order valence-corrected chi connectivity index (χ0v) is 17.1. The van der Waals surface area contributed by atoms with E-state index in [1.54, 1.807) is 12.1 Å². The molecule has 1 amide bonds. The van der Waals surface area contributed by atoms with E-state index in [0.29, 0.717) is 28.8 Å². The van der Waals surface area contributed by atoms with Crippen molar-refractivity contribution in [1.82, 2.24) is 15.0 Å². The number of rotatable bonds is 4. The van der Waals surface area contributed by atoms with Gasteiger partial charge in [0.25, 0.3) is 0 Å². The van der Waals surface area contributed by atoms with Crippen LogP contribution in [0.25, 0.3) is 11.4 Å². The molecule has 3 unspecified atom stereocenters. The van der Waals surface area contributed by atoms with Crippen molar-refractivity contribution >= 4 is 17.5 Å². The second-order valence-electron chi connectivity index (χ2n) is 8.09. The first-order valence-corrected chi connectivity index (χ1v) is 10.6. The molecule has 2 heterocycles. The van der Waals surface area contributed by atoms with Crippen molar-refractivity contribution in [3.63, 3.8) is 0 Å². The monoisotopic (exact) mass is 425 g/mol. The summed E-state index contributed by atoms with van der Waals surface area (Å²) in [6.07, 6.45) is 2.64. The van der Waals surface area contributed by atoms with Gasteiger partial charge in [-0.2, -0.15) is 4.98 Å². The van der Waals surface area contributed by atoms with E-state index in [1.807, 2.05) is 29.2 Å². The Morgan fingerprint density at radius 3 is 2.90 bits per heavy atom. The summed E-state index contributed by atoms with van der Waals surface area (Å²) in [5.74, 6) is 1.000. The molecule has 1 aliphatic carbocycles. The van der Waals surface area contributed by atoms with Crippen molar-refractivity contribution in [2.75, 3.05) is 13.1 Å². The van der Waals surface area contributed by atoms with Gasteiger partial charge in [0, 0.05) is 29.6 Å². The van der Waals surface area contributed by atoms with E-state index in [-0.39, 0.29) is 29.5 Å². The number of halogens is 2. The van der Waals surface area contributed by atoms with Crippen LogP contribution in [0.3, 0.4) is 0 Å². The number of hydrogen-bond acceptors (Lipinski definition) is 4. The Morgan fingerprint density at radius 1 is 1.20 bits per heavy atom. The number of nitrogens with zero attached hydrogens (tertiary/aromatic N) is 3. The van der Waals surface area contributed by atoms with Gasteiger partial charge in [0.2, 0.25) is 17.6 Å². The third kappa shape index (κ3) is 3.84. The van der Waals surface area contributed by atoms with Crippen LogP contribution in [0.2, 0.25) is 5.02 Å². The van der Waals surface area contributed by atoms with E-state index in [4.69, 9.17) is 16.1 Å². The summed E-state index contributed by atoms with van der Waals surface area (Å²) in [5.41, 5.74) is 1.71. The maximum atomic E-state index is 13.5.